The number of amides is 1. The fourth-order valence-electron chi connectivity index (χ4n) is 2.68. The van der Waals surface area contributed by atoms with Crippen molar-refractivity contribution in [3.63, 3.8) is 0 Å². The van der Waals surface area contributed by atoms with Gasteiger partial charge in [0.25, 0.3) is 5.91 Å². The molecule has 0 aromatic heterocycles. The molecule has 140 valence electrons. The topological polar surface area (TPSA) is 50.4 Å². The minimum Gasteiger partial charge on any atom is -0.479 e. The van der Waals surface area contributed by atoms with Crippen molar-refractivity contribution in [1.29, 1.82) is 0 Å². The number of ether oxygens (including phenoxy) is 1. The van der Waals surface area contributed by atoms with E-state index in [-0.39, 0.29) is 28.9 Å². The molecular weight excluding hydrogens is 402 g/mol. The van der Waals surface area contributed by atoms with Crippen LogP contribution < -0.4 is 15.4 Å². The van der Waals surface area contributed by atoms with Crippen LogP contribution in [0.2, 0.25) is 10.0 Å². The van der Waals surface area contributed by atoms with Crippen LogP contribution in [0.4, 0.5) is 10.1 Å². The summed E-state index contributed by atoms with van der Waals surface area (Å²) in [6, 6.07) is 8.30. The van der Waals surface area contributed by atoms with Crippen LogP contribution in [0.15, 0.2) is 30.3 Å². The summed E-state index contributed by atoms with van der Waals surface area (Å²) in [7, 11) is 0. The van der Waals surface area contributed by atoms with E-state index in [1.54, 1.807) is 31.2 Å². The van der Waals surface area contributed by atoms with Gasteiger partial charge >= 0.3 is 0 Å². The van der Waals surface area contributed by atoms with Crippen LogP contribution in [0.1, 0.15) is 18.1 Å². The Balaban J connectivity index is 0.00000243. The molecule has 0 spiro atoms. The standard InChI is InChI=1S/C18H17Cl2FN2O2.ClH/c1-10(25-15-4-2-3-13(19)16(15)20)18(24)23-14-6-5-11-9-22-8-7-12(11)17(14)21;/h2-6,10,22H,7-9H2,1H3,(H,23,24);1H. The molecule has 0 fully saturated rings. The number of halogens is 4. The first-order valence-corrected chi connectivity index (χ1v) is 8.65. The van der Waals surface area contributed by atoms with Crippen molar-refractivity contribution >= 4 is 47.2 Å². The Bertz CT molecular complexity index is 817. The maximum atomic E-state index is 14.6. The predicted octanol–water partition coefficient (Wildman–Crippen LogP) is 4.61. The molecule has 1 atom stereocenters. The zero-order valence-electron chi connectivity index (χ0n) is 13.9. The summed E-state index contributed by atoms with van der Waals surface area (Å²) in [5, 5.41) is 6.33. The first kappa shape index (κ1) is 20.8. The van der Waals surface area contributed by atoms with Crippen LogP contribution >= 0.6 is 35.6 Å². The van der Waals surface area contributed by atoms with E-state index < -0.39 is 12.0 Å². The van der Waals surface area contributed by atoms with E-state index in [1.807, 2.05) is 6.07 Å². The maximum absolute atomic E-state index is 14.6. The Labute approximate surface area is 167 Å². The Morgan fingerprint density at radius 1 is 1.31 bits per heavy atom. The molecule has 4 nitrogen and oxygen atoms in total. The zero-order chi connectivity index (χ0) is 18.0. The molecule has 26 heavy (non-hydrogen) atoms. The van der Waals surface area contributed by atoms with Crippen LogP contribution in [0, 0.1) is 5.82 Å². The Kier molecular flexibility index (Phi) is 7.12. The lowest BCUT2D eigenvalue weighted by molar-refractivity contribution is -0.122. The SMILES string of the molecule is CC(Oc1cccc(Cl)c1Cl)C(=O)Nc1ccc2c(c1F)CCNC2.Cl. The van der Waals surface area contributed by atoms with E-state index in [4.69, 9.17) is 27.9 Å². The Morgan fingerprint density at radius 2 is 2.08 bits per heavy atom. The van der Waals surface area contributed by atoms with Crippen molar-refractivity contribution in [2.45, 2.75) is 26.0 Å². The summed E-state index contributed by atoms with van der Waals surface area (Å²) in [6.45, 7) is 2.91. The van der Waals surface area contributed by atoms with Gasteiger partial charge in [0.2, 0.25) is 0 Å². The molecule has 0 bridgehead atoms. The normalized spacial score (nSPS) is 14.0. The highest BCUT2D eigenvalue weighted by Crippen LogP contribution is 2.32. The molecule has 1 aliphatic heterocycles. The van der Waals surface area contributed by atoms with E-state index >= 15 is 0 Å². The number of benzene rings is 2. The van der Waals surface area contributed by atoms with Gasteiger partial charge in [0, 0.05) is 6.54 Å². The largest absolute Gasteiger partial charge is 0.479 e. The lowest BCUT2D eigenvalue weighted by atomic mass is 9.99. The monoisotopic (exact) mass is 418 g/mol. The quantitative estimate of drug-likeness (QED) is 0.761. The number of nitrogens with one attached hydrogen (secondary N) is 2. The van der Waals surface area contributed by atoms with Crippen LogP contribution in [0.3, 0.4) is 0 Å². The van der Waals surface area contributed by atoms with E-state index in [1.165, 1.54) is 0 Å². The van der Waals surface area contributed by atoms with Gasteiger partial charge in [-0.1, -0.05) is 35.3 Å². The van der Waals surface area contributed by atoms with E-state index in [0.717, 1.165) is 5.56 Å². The fraction of sp³-hybridized carbons (Fsp3) is 0.278. The molecule has 2 aromatic carbocycles. The van der Waals surface area contributed by atoms with Gasteiger partial charge in [-0.15, -0.1) is 12.4 Å². The van der Waals surface area contributed by atoms with Crippen molar-refractivity contribution in [2.24, 2.45) is 0 Å². The summed E-state index contributed by atoms with van der Waals surface area (Å²) in [5.74, 6) is -0.557. The minimum absolute atomic E-state index is 0. The summed E-state index contributed by atoms with van der Waals surface area (Å²) < 4.78 is 20.2. The molecule has 1 heterocycles. The van der Waals surface area contributed by atoms with Gasteiger partial charge in [0.05, 0.1) is 10.7 Å². The summed E-state index contributed by atoms with van der Waals surface area (Å²) in [6.07, 6.45) is -0.275. The number of anilines is 1. The van der Waals surface area contributed by atoms with Gasteiger partial charge in [-0.3, -0.25) is 4.79 Å². The first-order chi connectivity index (χ1) is 12.0. The third kappa shape index (κ3) is 4.41. The number of fused-ring (bicyclic) bond motifs is 1. The Hall–Kier alpha value is -1.53. The van der Waals surface area contributed by atoms with Crippen LogP contribution in [0.5, 0.6) is 5.75 Å². The highest BCUT2D eigenvalue weighted by molar-refractivity contribution is 6.42. The highest BCUT2D eigenvalue weighted by Gasteiger charge is 2.21. The number of hydrogen-bond acceptors (Lipinski definition) is 3. The number of carbonyl (C=O) groups is 1. The molecule has 0 saturated carbocycles. The second-order valence-corrected chi connectivity index (χ2v) is 6.58. The lowest BCUT2D eigenvalue weighted by Crippen LogP contribution is -2.31. The molecular formula is C18H18Cl3FN2O2. The summed E-state index contributed by atoms with van der Waals surface area (Å²) in [5.41, 5.74) is 1.71. The molecule has 3 rings (SSSR count). The van der Waals surface area contributed by atoms with Gasteiger partial charge in [-0.25, -0.2) is 4.39 Å². The number of hydrogen-bond donors (Lipinski definition) is 2. The van der Waals surface area contributed by atoms with Gasteiger partial charge in [0.15, 0.2) is 6.10 Å². The summed E-state index contributed by atoms with van der Waals surface area (Å²) >= 11 is 12.0. The third-order valence-corrected chi connectivity index (χ3v) is 4.86. The second-order valence-electron chi connectivity index (χ2n) is 5.79. The molecule has 2 N–H and O–H groups in total. The van der Waals surface area contributed by atoms with Gasteiger partial charge < -0.3 is 15.4 Å². The minimum atomic E-state index is -0.868. The third-order valence-electron chi connectivity index (χ3n) is 4.05. The molecule has 0 aliphatic carbocycles. The molecule has 0 radical (unpaired) electrons. The smallest absolute Gasteiger partial charge is 0.265 e. The average molecular weight is 420 g/mol. The molecule has 0 saturated heterocycles. The summed E-state index contributed by atoms with van der Waals surface area (Å²) in [4.78, 5) is 12.3. The zero-order valence-corrected chi connectivity index (χ0v) is 16.3. The molecule has 8 heteroatoms. The Morgan fingerprint density at radius 3 is 2.85 bits per heavy atom. The fourth-order valence-corrected chi connectivity index (χ4v) is 3.02. The number of carbonyl (C=O) groups excluding carboxylic acids is 1. The first-order valence-electron chi connectivity index (χ1n) is 7.90. The van der Waals surface area contributed by atoms with E-state index in [0.29, 0.717) is 35.8 Å². The molecule has 1 amide bonds. The molecule has 1 aliphatic rings. The highest BCUT2D eigenvalue weighted by atomic mass is 35.5. The maximum Gasteiger partial charge on any atom is 0.265 e. The van der Waals surface area contributed by atoms with Gasteiger partial charge in [-0.2, -0.15) is 0 Å². The van der Waals surface area contributed by atoms with Gasteiger partial charge in [-0.05, 0) is 49.2 Å². The number of rotatable bonds is 4. The second kappa shape index (κ2) is 8.91. The lowest BCUT2D eigenvalue weighted by Gasteiger charge is -2.20. The van der Waals surface area contributed by atoms with Crippen molar-refractivity contribution in [3.8, 4) is 5.75 Å². The van der Waals surface area contributed by atoms with Crippen LogP contribution in [-0.2, 0) is 17.8 Å². The molecule has 2 aromatic rings. The van der Waals surface area contributed by atoms with Gasteiger partial charge in [0.1, 0.15) is 16.6 Å². The van der Waals surface area contributed by atoms with Crippen LogP contribution in [0.25, 0.3) is 0 Å². The average Bonchev–Trinajstić information content (AvgIpc) is 2.61. The van der Waals surface area contributed by atoms with E-state index in [2.05, 4.69) is 10.6 Å². The van der Waals surface area contributed by atoms with E-state index in [9.17, 15) is 9.18 Å². The molecule has 1 unspecified atom stereocenters. The van der Waals surface area contributed by atoms with Crippen molar-refractivity contribution in [1.82, 2.24) is 5.32 Å². The predicted molar refractivity (Wildman–Crippen MR) is 104 cm³/mol. The van der Waals surface area contributed by atoms with Crippen molar-refractivity contribution in [3.05, 3.63) is 57.3 Å². The van der Waals surface area contributed by atoms with Crippen LogP contribution in [-0.4, -0.2) is 18.6 Å². The van der Waals surface area contributed by atoms with Crippen molar-refractivity contribution in [2.75, 3.05) is 11.9 Å². The van der Waals surface area contributed by atoms with Crippen molar-refractivity contribution < 1.29 is 13.9 Å².